The van der Waals surface area contributed by atoms with Crippen LogP contribution in [-0.2, 0) is 4.79 Å². The molecule has 0 bridgehead atoms. The molecular weight excluding hydrogens is 400 g/mol. The van der Waals surface area contributed by atoms with Crippen LogP contribution < -0.4 is 5.32 Å². The topological polar surface area (TPSA) is 75.9 Å². The first-order valence-corrected chi connectivity index (χ1v) is 12.4. The van der Waals surface area contributed by atoms with Crippen molar-refractivity contribution in [3.8, 4) is 0 Å². The molecule has 2 aromatic heterocycles. The molecule has 0 unspecified atom stereocenters. The zero-order valence-corrected chi connectivity index (χ0v) is 19.8. The van der Waals surface area contributed by atoms with Crippen molar-refractivity contribution in [3.05, 3.63) is 41.7 Å². The fraction of sp³-hybridized carbons (Fsp3) is 0.680. The molecule has 4 rings (SSSR count). The highest BCUT2D eigenvalue weighted by atomic mass is 16.1. The summed E-state index contributed by atoms with van der Waals surface area (Å²) in [5.74, 6) is 2.93. The molecule has 2 fully saturated rings. The summed E-state index contributed by atoms with van der Waals surface area (Å²) in [6.45, 7) is 9.56. The maximum Gasteiger partial charge on any atom is 0.223 e. The summed E-state index contributed by atoms with van der Waals surface area (Å²) in [5.41, 5.74) is 1.11. The van der Waals surface area contributed by atoms with Crippen LogP contribution in [0.1, 0.15) is 94.0 Å². The van der Waals surface area contributed by atoms with Gasteiger partial charge < -0.3 is 14.8 Å². The Labute approximate surface area is 192 Å². The van der Waals surface area contributed by atoms with Gasteiger partial charge >= 0.3 is 0 Å². The largest absolute Gasteiger partial charge is 0.349 e. The van der Waals surface area contributed by atoms with Crippen LogP contribution in [0.25, 0.3) is 0 Å². The van der Waals surface area contributed by atoms with Crippen molar-refractivity contribution in [2.24, 2.45) is 5.92 Å². The number of aryl methyl sites for hydroxylation is 1. The van der Waals surface area contributed by atoms with E-state index in [1.54, 1.807) is 6.20 Å². The molecule has 0 spiro atoms. The summed E-state index contributed by atoms with van der Waals surface area (Å²) in [6.07, 6.45) is 11.2. The Morgan fingerprint density at radius 2 is 1.91 bits per heavy atom. The van der Waals surface area contributed by atoms with Gasteiger partial charge in [0.05, 0.1) is 6.04 Å². The van der Waals surface area contributed by atoms with Crippen LogP contribution >= 0.6 is 0 Å². The molecule has 1 aliphatic carbocycles. The molecule has 174 valence electrons. The van der Waals surface area contributed by atoms with Crippen LogP contribution in [0.15, 0.2) is 24.5 Å². The zero-order chi connectivity index (χ0) is 22.5. The van der Waals surface area contributed by atoms with Gasteiger partial charge in [-0.05, 0) is 50.7 Å². The lowest BCUT2D eigenvalue weighted by molar-refractivity contribution is -0.125. The number of pyridine rings is 1. The number of carbonyl (C=O) groups excluding carboxylic acids is 1. The van der Waals surface area contributed by atoms with Gasteiger partial charge in [-0.3, -0.25) is 9.78 Å². The van der Waals surface area contributed by atoms with Crippen LogP contribution in [0.2, 0.25) is 0 Å². The number of hydrogen-bond acceptors (Lipinski definition) is 5. The number of nitrogens with zero attached hydrogens (tertiary/aromatic N) is 5. The Kier molecular flexibility index (Phi) is 7.55. The van der Waals surface area contributed by atoms with Crippen molar-refractivity contribution in [3.63, 3.8) is 0 Å². The smallest absolute Gasteiger partial charge is 0.223 e. The fourth-order valence-electron chi connectivity index (χ4n) is 5.33. The second-order valence-electron chi connectivity index (χ2n) is 9.82. The van der Waals surface area contributed by atoms with E-state index in [4.69, 9.17) is 0 Å². The lowest BCUT2D eigenvalue weighted by atomic mass is 10.00. The number of piperidine rings is 1. The zero-order valence-electron chi connectivity index (χ0n) is 19.8. The van der Waals surface area contributed by atoms with Crippen LogP contribution in [-0.4, -0.2) is 50.2 Å². The number of likely N-dealkylation sites (tertiary alicyclic amines) is 1. The minimum absolute atomic E-state index is 0.0298. The molecule has 2 aliphatic rings. The summed E-state index contributed by atoms with van der Waals surface area (Å²) >= 11 is 0. The summed E-state index contributed by atoms with van der Waals surface area (Å²) in [5, 5.41) is 12.1. The molecule has 7 nitrogen and oxygen atoms in total. The standard InChI is InChI=1S/C25H38N6O/c1-18(2)24-29-28-19(3)31(24)22-10-14-30(15-11-22)16-12-23(21-9-6-13-26-17-21)27-25(32)20-7-4-5-8-20/h6,9,13,17-18,20,22-23H,4-5,7-8,10-12,14-16H2,1-3H3,(H,27,32)/t23-/m0/s1. The first kappa shape index (κ1) is 22.9. The van der Waals surface area contributed by atoms with Crippen LogP contribution in [0.5, 0.6) is 0 Å². The van der Waals surface area contributed by atoms with Gasteiger partial charge in [0.1, 0.15) is 11.6 Å². The van der Waals surface area contributed by atoms with Gasteiger partial charge in [-0.1, -0.05) is 32.8 Å². The van der Waals surface area contributed by atoms with E-state index in [0.29, 0.717) is 12.0 Å². The average molecular weight is 439 g/mol. The van der Waals surface area contributed by atoms with Gasteiger partial charge in [-0.25, -0.2) is 0 Å². The first-order chi connectivity index (χ1) is 15.5. The van der Waals surface area contributed by atoms with E-state index in [2.05, 4.69) is 56.8 Å². The van der Waals surface area contributed by atoms with E-state index in [-0.39, 0.29) is 17.9 Å². The van der Waals surface area contributed by atoms with Crippen molar-refractivity contribution >= 4 is 5.91 Å². The molecule has 7 heteroatoms. The Bertz CT molecular complexity index is 866. The number of nitrogens with one attached hydrogen (secondary N) is 1. The molecule has 1 atom stereocenters. The van der Waals surface area contributed by atoms with Gasteiger partial charge in [0.15, 0.2) is 0 Å². The Morgan fingerprint density at radius 1 is 1.16 bits per heavy atom. The molecular formula is C25H38N6O. The highest BCUT2D eigenvalue weighted by Crippen LogP contribution is 2.29. The predicted molar refractivity (Wildman–Crippen MR) is 125 cm³/mol. The van der Waals surface area contributed by atoms with E-state index in [1.165, 1.54) is 12.8 Å². The third-order valence-corrected chi connectivity index (χ3v) is 7.19. The van der Waals surface area contributed by atoms with Gasteiger partial charge in [-0.2, -0.15) is 0 Å². The summed E-state index contributed by atoms with van der Waals surface area (Å²) in [6, 6.07) is 4.56. The van der Waals surface area contributed by atoms with Crippen LogP contribution in [0.4, 0.5) is 0 Å². The third kappa shape index (κ3) is 5.37. The molecule has 32 heavy (non-hydrogen) atoms. The van der Waals surface area contributed by atoms with Crippen LogP contribution in [0.3, 0.4) is 0 Å². The van der Waals surface area contributed by atoms with Gasteiger partial charge in [-0.15, -0.1) is 10.2 Å². The van der Waals surface area contributed by atoms with E-state index in [9.17, 15) is 4.79 Å². The lowest BCUT2D eigenvalue weighted by Crippen LogP contribution is -2.39. The highest BCUT2D eigenvalue weighted by molar-refractivity contribution is 5.79. The van der Waals surface area contributed by atoms with Crippen molar-refractivity contribution < 1.29 is 4.79 Å². The maximum atomic E-state index is 12.8. The number of rotatable bonds is 8. The molecule has 1 N–H and O–H groups in total. The van der Waals surface area contributed by atoms with Crippen molar-refractivity contribution in [1.29, 1.82) is 0 Å². The normalized spacial score (nSPS) is 19.5. The Morgan fingerprint density at radius 3 is 2.56 bits per heavy atom. The van der Waals surface area contributed by atoms with Crippen molar-refractivity contribution in [2.75, 3.05) is 19.6 Å². The van der Waals surface area contributed by atoms with Gasteiger partial charge in [0, 0.05) is 49.9 Å². The van der Waals surface area contributed by atoms with E-state index >= 15 is 0 Å². The Hall–Kier alpha value is -2.28. The van der Waals surface area contributed by atoms with Gasteiger partial charge in [0.2, 0.25) is 5.91 Å². The second-order valence-corrected chi connectivity index (χ2v) is 9.82. The minimum atomic E-state index is 0.0298. The van der Waals surface area contributed by atoms with Crippen molar-refractivity contribution in [2.45, 2.75) is 83.7 Å². The molecule has 2 aromatic rings. The average Bonchev–Trinajstić information content (AvgIpc) is 3.48. The van der Waals surface area contributed by atoms with Gasteiger partial charge in [0.25, 0.3) is 0 Å². The van der Waals surface area contributed by atoms with Crippen molar-refractivity contribution in [1.82, 2.24) is 30.0 Å². The second kappa shape index (κ2) is 10.6. The third-order valence-electron chi connectivity index (χ3n) is 7.19. The van der Waals surface area contributed by atoms with E-state index in [1.807, 2.05) is 12.3 Å². The summed E-state index contributed by atoms with van der Waals surface area (Å²) in [4.78, 5) is 19.6. The monoisotopic (exact) mass is 438 g/mol. The number of carbonyl (C=O) groups is 1. The number of hydrogen-bond donors (Lipinski definition) is 1. The fourth-order valence-corrected chi connectivity index (χ4v) is 5.33. The summed E-state index contributed by atoms with van der Waals surface area (Å²) < 4.78 is 2.36. The molecule has 3 heterocycles. The number of aromatic nitrogens is 4. The lowest BCUT2D eigenvalue weighted by Gasteiger charge is -2.34. The molecule has 1 saturated heterocycles. The predicted octanol–water partition coefficient (Wildman–Crippen LogP) is 4.18. The van der Waals surface area contributed by atoms with Crippen LogP contribution in [0, 0.1) is 12.8 Å². The first-order valence-electron chi connectivity index (χ1n) is 12.4. The SMILES string of the molecule is Cc1nnc(C(C)C)n1C1CCN(CC[C@H](NC(=O)C2CCCC2)c2cccnc2)CC1. The molecule has 0 radical (unpaired) electrons. The minimum Gasteiger partial charge on any atom is -0.349 e. The molecule has 0 aromatic carbocycles. The number of amides is 1. The quantitative estimate of drug-likeness (QED) is 0.669. The molecule has 1 amide bonds. The maximum absolute atomic E-state index is 12.8. The molecule has 1 saturated carbocycles. The van der Waals surface area contributed by atoms with E-state index < -0.39 is 0 Å². The molecule has 1 aliphatic heterocycles. The Balaban J connectivity index is 1.34. The highest BCUT2D eigenvalue weighted by Gasteiger charge is 2.28. The van der Waals surface area contributed by atoms with E-state index in [0.717, 1.165) is 69.0 Å². The summed E-state index contributed by atoms with van der Waals surface area (Å²) in [7, 11) is 0.